The highest BCUT2D eigenvalue weighted by molar-refractivity contribution is 5.94. The Morgan fingerprint density at radius 1 is 0.871 bits per heavy atom. The maximum atomic E-state index is 12.9. The second kappa shape index (κ2) is 8.77. The Hall–Kier alpha value is -3.39. The van der Waals surface area contributed by atoms with Gasteiger partial charge >= 0.3 is 0 Å². The Labute approximate surface area is 181 Å². The van der Waals surface area contributed by atoms with Crippen molar-refractivity contribution in [2.24, 2.45) is 0 Å². The minimum Gasteiger partial charge on any atom is -0.486 e. The summed E-state index contributed by atoms with van der Waals surface area (Å²) in [6.07, 6.45) is 3.20. The quantitative estimate of drug-likeness (QED) is 0.630. The van der Waals surface area contributed by atoms with Gasteiger partial charge in [-0.2, -0.15) is 5.10 Å². The molecule has 0 atom stereocenters. The van der Waals surface area contributed by atoms with Gasteiger partial charge in [-0.15, -0.1) is 0 Å². The number of carbonyl (C=O) groups excluding carboxylic acids is 1. The van der Waals surface area contributed by atoms with E-state index in [0.717, 1.165) is 55.3 Å². The number of aromatic nitrogens is 3. The van der Waals surface area contributed by atoms with Crippen LogP contribution in [0.1, 0.15) is 21.5 Å². The molecule has 0 radical (unpaired) electrons. The summed E-state index contributed by atoms with van der Waals surface area (Å²) >= 11 is 0. The minimum absolute atomic E-state index is 0.0892. The molecule has 3 aromatic rings. The van der Waals surface area contributed by atoms with Crippen molar-refractivity contribution in [2.75, 3.05) is 39.4 Å². The van der Waals surface area contributed by atoms with Crippen LogP contribution in [0, 0.1) is 0 Å². The summed E-state index contributed by atoms with van der Waals surface area (Å²) in [6.45, 7) is 5.84. The predicted octanol–water partition coefficient (Wildman–Crippen LogP) is 2.06. The number of nitrogens with zero attached hydrogens (tertiary/aromatic N) is 5. The van der Waals surface area contributed by atoms with Gasteiger partial charge in [0.05, 0.1) is 6.54 Å². The third-order valence-electron chi connectivity index (χ3n) is 5.68. The summed E-state index contributed by atoms with van der Waals surface area (Å²) in [5, 5.41) is 4.11. The molecular weight excluding hydrogens is 394 g/mol. The lowest BCUT2D eigenvalue weighted by molar-refractivity contribution is 0.0628. The fourth-order valence-corrected chi connectivity index (χ4v) is 3.99. The molecule has 1 fully saturated rings. The molecule has 0 saturated carbocycles. The van der Waals surface area contributed by atoms with Gasteiger partial charge in [0.2, 0.25) is 0 Å². The normalized spacial score (nSPS) is 16.3. The third kappa shape index (κ3) is 4.54. The first-order chi connectivity index (χ1) is 15.2. The molecule has 31 heavy (non-hydrogen) atoms. The Morgan fingerprint density at radius 2 is 1.61 bits per heavy atom. The summed E-state index contributed by atoms with van der Waals surface area (Å²) in [4.78, 5) is 21.2. The fraction of sp³-hybridized carbons (Fsp3) is 0.348. The largest absolute Gasteiger partial charge is 0.486 e. The fourth-order valence-electron chi connectivity index (χ4n) is 3.99. The van der Waals surface area contributed by atoms with E-state index in [0.29, 0.717) is 19.8 Å². The van der Waals surface area contributed by atoms with Crippen LogP contribution in [0.5, 0.6) is 11.5 Å². The molecule has 0 unspecified atom stereocenters. The second-order valence-corrected chi connectivity index (χ2v) is 7.84. The molecule has 1 amide bonds. The van der Waals surface area contributed by atoms with Crippen LogP contribution < -0.4 is 9.47 Å². The van der Waals surface area contributed by atoms with Crippen LogP contribution in [-0.4, -0.2) is 69.9 Å². The first kappa shape index (κ1) is 19.6. The molecule has 2 aliphatic heterocycles. The number of carbonyl (C=O) groups is 1. The van der Waals surface area contributed by atoms with E-state index in [1.54, 1.807) is 11.0 Å². The van der Waals surface area contributed by atoms with Crippen LogP contribution in [0.3, 0.4) is 0 Å². The van der Waals surface area contributed by atoms with Gasteiger partial charge in [0.1, 0.15) is 25.9 Å². The molecular formula is C23H25N5O3. The van der Waals surface area contributed by atoms with Crippen LogP contribution in [0.2, 0.25) is 0 Å². The molecule has 160 valence electrons. The first-order valence-corrected chi connectivity index (χ1v) is 10.6. The van der Waals surface area contributed by atoms with Gasteiger partial charge in [-0.25, -0.2) is 9.67 Å². The molecule has 3 heterocycles. The van der Waals surface area contributed by atoms with Crippen molar-refractivity contribution in [2.45, 2.75) is 13.1 Å². The molecule has 0 N–H and O–H groups in total. The zero-order chi connectivity index (χ0) is 21.0. The zero-order valence-corrected chi connectivity index (χ0v) is 17.3. The van der Waals surface area contributed by atoms with Crippen molar-refractivity contribution >= 4 is 5.91 Å². The van der Waals surface area contributed by atoms with Crippen molar-refractivity contribution < 1.29 is 14.3 Å². The van der Waals surface area contributed by atoms with Crippen molar-refractivity contribution in [3.8, 4) is 11.5 Å². The minimum atomic E-state index is 0.0892. The zero-order valence-electron chi connectivity index (χ0n) is 17.3. The van der Waals surface area contributed by atoms with E-state index in [-0.39, 0.29) is 5.91 Å². The number of ether oxygens (including phenoxy) is 2. The smallest absolute Gasteiger partial charge is 0.253 e. The summed E-state index contributed by atoms with van der Waals surface area (Å²) < 4.78 is 13.0. The number of piperazine rings is 1. The average Bonchev–Trinajstić information content (AvgIpc) is 3.33. The van der Waals surface area contributed by atoms with Crippen molar-refractivity contribution in [1.82, 2.24) is 24.6 Å². The predicted molar refractivity (Wildman–Crippen MR) is 114 cm³/mol. The summed E-state index contributed by atoms with van der Waals surface area (Å²) in [6, 6.07) is 13.9. The highest BCUT2D eigenvalue weighted by Gasteiger charge is 2.22. The van der Waals surface area contributed by atoms with E-state index in [1.165, 1.54) is 11.9 Å². The number of hydrogen-bond acceptors (Lipinski definition) is 6. The average molecular weight is 419 g/mol. The maximum Gasteiger partial charge on any atom is 0.253 e. The van der Waals surface area contributed by atoms with Crippen molar-refractivity contribution in [3.63, 3.8) is 0 Å². The molecule has 2 aromatic carbocycles. The summed E-state index contributed by atoms with van der Waals surface area (Å²) in [5.74, 6) is 1.73. The molecule has 5 rings (SSSR count). The maximum absolute atomic E-state index is 12.9. The van der Waals surface area contributed by atoms with Gasteiger partial charge in [0, 0.05) is 38.3 Å². The van der Waals surface area contributed by atoms with Crippen LogP contribution in [-0.2, 0) is 13.1 Å². The van der Waals surface area contributed by atoms with Crippen LogP contribution in [0.4, 0.5) is 0 Å². The highest BCUT2D eigenvalue weighted by atomic mass is 16.6. The molecule has 0 spiro atoms. The Balaban J connectivity index is 1.14. The van der Waals surface area contributed by atoms with E-state index in [2.05, 4.69) is 27.1 Å². The van der Waals surface area contributed by atoms with Crippen LogP contribution in [0.25, 0.3) is 0 Å². The van der Waals surface area contributed by atoms with Crippen LogP contribution >= 0.6 is 0 Å². The third-order valence-corrected chi connectivity index (χ3v) is 5.68. The lowest BCUT2D eigenvalue weighted by Crippen LogP contribution is -2.48. The standard InChI is InChI=1S/C23H25N5O3/c29-23(20-4-1-18(2-5-20)15-28-17-24-16-25-28)27-9-7-26(8-10-27)14-19-3-6-21-22(13-19)31-12-11-30-21/h1-6,13,16-17H,7-12,14-15H2. The van der Waals surface area contributed by atoms with E-state index >= 15 is 0 Å². The highest BCUT2D eigenvalue weighted by Crippen LogP contribution is 2.31. The van der Waals surface area contributed by atoms with E-state index in [4.69, 9.17) is 9.47 Å². The Kier molecular flexibility index (Phi) is 5.54. The number of amides is 1. The molecule has 8 nitrogen and oxygen atoms in total. The Bertz CT molecular complexity index is 1030. The van der Waals surface area contributed by atoms with Gasteiger partial charge < -0.3 is 14.4 Å². The number of rotatable bonds is 5. The van der Waals surface area contributed by atoms with E-state index < -0.39 is 0 Å². The SMILES string of the molecule is O=C(c1ccc(Cn2cncn2)cc1)N1CCN(Cc2ccc3c(c2)OCCO3)CC1. The number of hydrogen-bond donors (Lipinski definition) is 0. The number of fused-ring (bicyclic) bond motifs is 1. The summed E-state index contributed by atoms with van der Waals surface area (Å²) in [7, 11) is 0. The van der Waals surface area contributed by atoms with E-state index in [1.807, 2.05) is 35.2 Å². The van der Waals surface area contributed by atoms with Gasteiger partial charge in [-0.1, -0.05) is 18.2 Å². The summed E-state index contributed by atoms with van der Waals surface area (Å²) in [5.41, 5.74) is 3.01. The Morgan fingerprint density at radius 3 is 2.35 bits per heavy atom. The molecule has 1 aromatic heterocycles. The molecule has 2 aliphatic rings. The van der Waals surface area contributed by atoms with Crippen molar-refractivity contribution in [1.29, 1.82) is 0 Å². The van der Waals surface area contributed by atoms with Gasteiger partial charge in [0.25, 0.3) is 5.91 Å². The van der Waals surface area contributed by atoms with Crippen molar-refractivity contribution in [3.05, 3.63) is 71.8 Å². The van der Waals surface area contributed by atoms with E-state index in [9.17, 15) is 4.79 Å². The molecule has 8 heteroatoms. The van der Waals surface area contributed by atoms with Gasteiger partial charge in [-0.05, 0) is 35.4 Å². The van der Waals surface area contributed by atoms with Gasteiger partial charge in [-0.3, -0.25) is 9.69 Å². The first-order valence-electron chi connectivity index (χ1n) is 10.6. The van der Waals surface area contributed by atoms with Crippen LogP contribution in [0.15, 0.2) is 55.1 Å². The second-order valence-electron chi connectivity index (χ2n) is 7.84. The molecule has 0 aliphatic carbocycles. The lowest BCUT2D eigenvalue weighted by Gasteiger charge is -2.35. The topological polar surface area (TPSA) is 72.7 Å². The lowest BCUT2D eigenvalue weighted by atomic mass is 10.1. The number of benzene rings is 2. The van der Waals surface area contributed by atoms with Gasteiger partial charge in [0.15, 0.2) is 11.5 Å². The molecule has 0 bridgehead atoms. The molecule has 1 saturated heterocycles. The monoisotopic (exact) mass is 419 g/mol.